The molecule has 172 valence electrons. The molecule has 0 unspecified atom stereocenters. The van der Waals surface area contributed by atoms with Crippen molar-refractivity contribution in [3.63, 3.8) is 0 Å². The van der Waals surface area contributed by atoms with Gasteiger partial charge < -0.3 is 9.72 Å². The Bertz CT molecular complexity index is 1400. The minimum Gasteiger partial charge on any atom is -0.438 e. The van der Waals surface area contributed by atoms with Crippen molar-refractivity contribution in [3.05, 3.63) is 80.9 Å². The minimum absolute atomic E-state index is 0.0188. The molecule has 0 bridgehead atoms. The average molecular weight is 468 g/mol. The first kappa shape index (κ1) is 22.7. The molecular formula is C24H25N3O5S. The van der Waals surface area contributed by atoms with Gasteiger partial charge in [-0.15, -0.1) is 0 Å². The summed E-state index contributed by atoms with van der Waals surface area (Å²) in [5.41, 5.74) is 2.63. The van der Waals surface area contributed by atoms with Crippen molar-refractivity contribution in [2.24, 2.45) is 0 Å². The molecule has 2 heterocycles. The summed E-state index contributed by atoms with van der Waals surface area (Å²) in [6, 6.07) is 9.64. The number of amides is 1. The van der Waals surface area contributed by atoms with Gasteiger partial charge in [0.05, 0.1) is 5.69 Å². The molecule has 1 aromatic carbocycles. The number of carbonyl (C=O) groups excluding carboxylic acids is 1. The van der Waals surface area contributed by atoms with Crippen molar-refractivity contribution in [2.75, 3.05) is 0 Å². The van der Waals surface area contributed by atoms with E-state index in [0.717, 1.165) is 41.3 Å². The third-order valence-corrected chi connectivity index (χ3v) is 7.18. The number of benzene rings is 1. The molecule has 0 atom stereocenters. The van der Waals surface area contributed by atoms with E-state index in [2.05, 4.69) is 16.9 Å². The third-order valence-electron chi connectivity index (χ3n) is 5.83. The lowest BCUT2D eigenvalue weighted by Crippen LogP contribution is -2.34. The van der Waals surface area contributed by atoms with Crippen molar-refractivity contribution in [3.8, 4) is 11.6 Å². The molecule has 1 aliphatic carbocycles. The highest BCUT2D eigenvalue weighted by molar-refractivity contribution is 7.90. The molecule has 1 saturated carbocycles. The Hall–Kier alpha value is -3.46. The monoisotopic (exact) mass is 467 g/mol. The van der Waals surface area contributed by atoms with Crippen molar-refractivity contribution >= 4 is 15.9 Å². The van der Waals surface area contributed by atoms with Gasteiger partial charge in [-0.05, 0) is 69.0 Å². The second kappa shape index (κ2) is 8.15. The van der Waals surface area contributed by atoms with Crippen LogP contribution in [0.25, 0.3) is 0 Å². The van der Waals surface area contributed by atoms with Crippen molar-refractivity contribution < 1.29 is 17.9 Å². The Kier molecular flexibility index (Phi) is 5.61. The molecule has 0 aliphatic heterocycles. The maximum atomic E-state index is 13.0. The van der Waals surface area contributed by atoms with E-state index in [9.17, 15) is 18.0 Å². The number of nitrogens with one attached hydrogen (secondary N) is 2. The summed E-state index contributed by atoms with van der Waals surface area (Å²) in [6.45, 7) is 7.85. The molecule has 1 fully saturated rings. The average Bonchev–Trinajstić information content (AvgIpc) is 3.49. The standard InChI is InChI=1S/C24H25N3O5S/c1-14-12-15(2)20(16(3)13-14)32-23-17(7-8-19(26-23)24(4)9-10-24)21(28)27-33(30,31)18-6-5-11-25-22(18)29/h5-8,11-13H,9-10H2,1-4H3,(H,25,29)(H,27,28). The Labute approximate surface area is 192 Å². The number of nitrogens with zero attached hydrogens (tertiary/aromatic N) is 1. The molecule has 9 heteroatoms. The molecule has 3 aromatic rings. The van der Waals surface area contributed by atoms with E-state index >= 15 is 0 Å². The zero-order valence-electron chi connectivity index (χ0n) is 18.9. The van der Waals surface area contributed by atoms with Crippen molar-refractivity contribution in [1.82, 2.24) is 14.7 Å². The Morgan fingerprint density at radius 3 is 2.39 bits per heavy atom. The predicted molar refractivity (Wildman–Crippen MR) is 123 cm³/mol. The second-order valence-corrected chi connectivity index (χ2v) is 10.4. The number of aryl methyl sites for hydroxylation is 3. The molecule has 4 rings (SSSR count). The van der Waals surface area contributed by atoms with Crippen LogP contribution in [0, 0.1) is 20.8 Å². The SMILES string of the molecule is Cc1cc(C)c(Oc2nc(C3(C)CC3)ccc2C(=O)NS(=O)(=O)c2ccc[nH]c2=O)c(C)c1. The van der Waals surface area contributed by atoms with Crippen LogP contribution in [-0.4, -0.2) is 24.3 Å². The highest BCUT2D eigenvalue weighted by Crippen LogP contribution is 2.47. The van der Waals surface area contributed by atoms with Gasteiger partial charge in [0.15, 0.2) is 4.90 Å². The van der Waals surface area contributed by atoms with Crippen LogP contribution in [0.4, 0.5) is 0 Å². The maximum absolute atomic E-state index is 13.0. The minimum atomic E-state index is -4.40. The molecule has 1 amide bonds. The molecule has 0 radical (unpaired) electrons. The first-order valence-corrected chi connectivity index (χ1v) is 12.0. The smallest absolute Gasteiger partial charge is 0.270 e. The number of aromatic amines is 1. The van der Waals surface area contributed by atoms with E-state index in [1.54, 1.807) is 6.07 Å². The van der Waals surface area contributed by atoms with Crippen molar-refractivity contribution in [1.29, 1.82) is 0 Å². The normalized spacial score (nSPS) is 14.5. The highest BCUT2D eigenvalue weighted by Gasteiger charge is 2.41. The van der Waals surface area contributed by atoms with Crippen LogP contribution in [0.2, 0.25) is 0 Å². The van der Waals surface area contributed by atoms with E-state index in [1.165, 1.54) is 18.3 Å². The van der Waals surface area contributed by atoms with E-state index < -0.39 is 26.4 Å². The van der Waals surface area contributed by atoms with E-state index in [-0.39, 0.29) is 16.9 Å². The maximum Gasteiger partial charge on any atom is 0.270 e. The molecule has 2 aromatic heterocycles. The Balaban J connectivity index is 1.74. The number of hydrogen-bond donors (Lipinski definition) is 2. The van der Waals surface area contributed by atoms with E-state index in [1.807, 2.05) is 37.6 Å². The van der Waals surface area contributed by atoms with Crippen LogP contribution in [0.3, 0.4) is 0 Å². The fourth-order valence-electron chi connectivity index (χ4n) is 3.75. The highest BCUT2D eigenvalue weighted by atomic mass is 32.2. The van der Waals surface area contributed by atoms with Gasteiger partial charge in [0.2, 0.25) is 5.88 Å². The first-order chi connectivity index (χ1) is 15.5. The first-order valence-electron chi connectivity index (χ1n) is 10.5. The van der Waals surface area contributed by atoms with Gasteiger partial charge in [-0.3, -0.25) is 9.59 Å². The molecule has 2 N–H and O–H groups in total. The van der Waals surface area contributed by atoms with Gasteiger partial charge in [-0.1, -0.05) is 24.6 Å². The Morgan fingerprint density at radius 1 is 1.12 bits per heavy atom. The van der Waals surface area contributed by atoms with Crippen LogP contribution < -0.4 is 15.0 Å². The van der Waals surface area contributed by atoms with Crippen LogP contribution in [0.1, 0.15) is 52.5 Å². The molecule has 1 aliphatic rings. The third kappa shape index (κ3) is 4.54. The van der Waals surface area contributed by atoms with E-state index in [0.29, 0.717) is 5.75 Å². The summed E-state index contributed by atoms with van der Waals surface area (Å²) < 4.78 is 33.4. The molecule has 8 nitrogen and oxygen atoms in total. The molecule has 33 heavy (non-hydrogen) atoms. The fourth-order valence-corrected chi connectivity index (χ4v) is 4.77. The summed E-state index contributed by atoms with van der Waals surface area (Å²) >= 11 is 0. The lowest BCUT2D eigenvalue weighted by atomic mass is 10.0. The summed E-state index contributed by atoms with van der Waals surface area (Å²) in [4.78, 5) is 31.3. The number of ether oxygens (including phenoxy) is 1. The number of carbonyl (C=O) groups is 1. The number of aromatic nitrogens is 2. The molecule has 0 spiro atoms. The number of hydrogen-bond acceptors (Lipinski definition) is 6. The quantitative estimate of drug-likeness (QED) is 0.571. The van der Waals surface area contributed by atoms with Crippen LogP contribution in [0.5, 0.6) is 11.6 Å². The van der Waals surface area contributed by atoms with Gasteiger partial charge in [-0.25, -0.2) is 18.1 Å². The van der Waals surface area contributed by atoms with Crippen LogP contribution >= 0.6 is 0 Å². The number of pyridine rings is 2. The molecular weight excluding hydrogens is 442 g/mol. The summed E-state index contributed by atoms with van der Waals surface area (Å²) in [5.74, 6) is -0.358. The lowest BCUT2D eigenvalue weighted by molar-refractivity contribution is 0.0978. The van der Waals surface area contributed by atoms with Crippen LogP contribution in [0.15, 0.2) is 52.3 Å². The second-order valence-electron chi connectivity index (χ2n) is 8.74. The fraction of sp³-hybridized carbons (Fsp3) is 0.292. The predicted octanol–water partition coefficient (Wildman–Crippen LogP) is 3.66. The van der Waals surface area contributed by atoms with Gasteiger partial charge in [-0.2, -0.15) is 0 Å². The molecule has 0 saturated heterocycles. The van der Waals surface area contributed by atoms with Gasteiger partial charge in [0, 0.05) is 11.6 Å². The number of sulfonamides is 1. The summed E-state index contributed by atoms with van der Waals surface area (Å²) in [7, 11) is -4.40. The van der Waals surface area contributed by atoms with E-state index in [4.69, 9.17) is 4.74 Å². The zero-order chi connectivity index (χ0) is 24.0. The number of rotatable bonds is 6. The zero-order valence-corrected chi connectivity index (χ0v) is 19.7. The lowest BCUT2D eigenvalue weighted by Gasteiger charge is -2.17. The number of H-pyrrole nitrogens is 1. The van der Waals surface area contributed by atoms with Crippen LogP contribution in [-0.2, 0) is 15.4 Å². The summed E-state index contributed by atoms with van der Waals surface area (Å²) in [5, 5.41) is 0. The van der Waals surface area contributed by atoms with Gasteiger partial charge in [0.25, 0.3) is 21.5 Å². The Morgan fingerprint density at radius 2 is 1.79 bits per heavy atom. The van der Waals surface area contributed by atoms with Gasteiger partial charge in [0.1, 0.15) is 11.3 Å². The topological polar surface area (TPSA) is 118 Å². The largest absolute Gasteiger partial charge is 0.438 e. The summed E-state index contributed by atoms with van der Waals surface area (Å²) in [6.07, 6.45) is 3.25. The van der Waals surface area contributed by atoms with Gasteiger partial charge >= 0.3 is 0 Å². The van der Waals surface area contributed by atoms with Crippen molar-refractivity contribution in [2.45, 2.75) is 50.8 Å².